The number of nitrogens with zero attached hydrogens (tertiary/aromatic N) is 1. The monoisotopic (exact) mass is 379 g/mol. The number of halogens is 3. The van der Waals surface area contributed by atoms with Gasteiger partial charge in [0.2, 0.25) is 0 Å². The number of benzene rings is 2. The van der Waals surface area contributed by atoms with E-state index < -0.39 is 34.5 Å². The second kappa shape index (κ2) is 7.03. The van der Waals surface area contributed by atoms with Crippen LogP contribution in [0.5, 0.6) is 0 Å². The molecule has 0 aliphatic carbocycles. The number of rotatable bonds is 3. The summed E-state index contributed by atoms with van der Waals surface area (Å²) in [6.07, 6.45) is 0.763. The first-order chi connectivity index (χ1) is 12.3. The van der Waals surface area contributed by atoms with Crippen LogP contribution in [0.3, 0.4) is 0 Å². The molecule has 0 saturated heterocycles. The summed E-state index contributed by atoms with van der Waals surface area (Å²) >= 11 is 1.48. The van der Waals surface area contributed by atoms with Crippen molar-refractivity contribution in [3.05, 3.63) is 65.0 Å². The highest BCUT2D eigenvalue weighted by Gasteiger charge is 2.29. The van der Waals surface area contributed by atoms with Gasteiger partial charge in [-0.2, -0.15) is 0 Å². The molecule has 8 heteroatoms. The molecule has 0 spiro atoms. The van der Waals surface area contributed by atoms with Crippen LogP contribution in [0.4, 0.5) is 18.9 Å². The Bertz CT molecular complexity index is 903. The lowest BCUT2D eigenvalue weighted by Gasteiger charge is -2.30. The number of anilines is 1. The van der Waals surface area contributed by atoms with Crippen LogP contribution in [0, 0.1) is 17.5 Å². The van der Waals surface area contributed by atoms with Crippen LogP contribution in [0.15, 0.2) is 41.4 Å². The number of carbonyl (C=O) groups excluding carboxylic acids is 1. The largest absolute Gasteiger partial charge is 0.379 e. The third-order valence-electron chi connectivity index (χ3n) is 4.18. The molecule has 3 N–H and O–H groups in total. The molecule has 1 amide bonds. The van der Waals surface area contributed by atoms with Gasteiger partial charge in [-0.05, 0) is 37.1 Å². The number of nitrogens with two attached hydrogens (primary N) is 1. The summed E-state index contributed by atoms with van der Waals surface area (Å²) in [6, 6.07) is 7.90. The minimum absolute atomic E-state index is 0.366. The van der Waals surface area contributed by atoms with Crippen LogP contribution >= 0.6 is 11.8 Å². The molecule has 2 aromatic carbocycles. The van der Waals surface area contributed by atoms with E-state index in [1.165, 1.54) is 11.8 Å². The molecule has 1 heterocycles. The maximum Gasteiger partial charge on any atom is 0.258 e. The average Bonchev–Trinajstić information content (AvgIpc) is 2.58. The zero-order chi connectivity index (χ0) is 18.9. The van der Waals surface area contributed by atoms with Crippen LogP contribution in [-0.4, -0.2) is 16.8 Å². The van der Waals surface area contributed by atoms with E-state index in [0.717, 1.165) is 17.7 Å². The third kappa shape index (κ3) is 3.70. The highest BCUT2D eigenvalue weighted by atomic mass is 32.2. The van der Waals surface area contributed by atoms with Crippen molar-refractivity contribution in [3.8, 4) is 0 Å². The SMILES string of the molecule is CC1(c2cccc(NC(=O)c3cc(F)cc(F)c3F)c2)CCSC(N)=N1. The maximum absolute atomic E-state index is 13.8. The van der Waals surface area contributed by atoms with Gasteiger partial charge in [0.15, 0.2) is 16.8 Å². The molecule has 26 heavy (non-hydrogen) atoms. The number of amides is 1. The molecule has 3 rings (SSSR count). The minimum Gasteiger partial charge on any atom is -0.379 e. The number of carbonyl (C=O) groups is 1. The Labute approximate surface area is 152 Å². The molecule has 1 atom stereocenters. The molecule has 0 fully saturated rings. The van der Waals surface area contributed by atoms with E-state index in [1.807, 2.05) is 13.0 Å². The van der Waals surface area contributed by atoms with E-state index >= 15 is 0 Å². The summed E-state index contributed by atoms with van der Waals surface area (Å²) < 4.78 is 40.4. The molecule has 0 bridgehead atoms. The van der Waals surface area contributed by atoms with Gasteiger partial charge in [-0.3, -0.25) is 9.79 Å². The zero-order valence-corrected chi connectivity index (χ0v) is 14.7. The van der Waals surface area contributed by atoms with E-state index in [9.17, 15) is 18.0 Å². The predicted octanol–water partition coefficient (Wildman–Crippen LogP) is 4.02. The molecule has 136 valence electrons. The fourth-order valence-electron chi connectivity index (χ4n) is 2.75. The normalized spacial score (nSPS) is 19.8. The van der Waals surface area contributed by atoms with E-state index in [0.29, 0.717) is 23.0 Å². The van der Waals surface area contributed by atoms with Crippen molar-refractivity contribution in [2.24, 2.45) is 10.7 Å². The number of nitrogens with one attached hydrogen (secondary N) is 1. The van der Waals surface area contributed by atoms with Crippen LogP contribution in [0.25, 0.3) is 0 Å². The number of thioether (sulfide) groups is 1. The van der Waals surface area contributed by atoms with E-state index in [2.05, 4.69) is 10.3 Å². The number of hydrogen-bond donors (Lipinski definition) is 2. The van der Waals surface area contributed by atoms with Gasteiger partial charge in [-0.1, -0.05) is 23.9 Å². The van der Waals surface area contributed by atoms with Gasteiger partial charge in [-0.15, -0.1) is 0 Å². The second-order valence-corrected chi connectivity index (χ2v) is 7.22. The lowest BCUT2D eigenvalue weighted by molar-refractivity contribution is 0.102. The van der Waals surface area contributed by atoms with Gasteiger partial charge in [0, 0.05) is 17.5 Å². The first-order valence-corrected chi connectivity index (χ1v) is 8.81. The fraction of sp³-hybridized carbons (Fsp3) is 0.222. The molecule has 1 unspecified atom stereocenters. The van der Waals surface area contributed by atoms with E-state index in [-0.39, 0.29) is 0 Å². The molecular formula is C18H16F3N3OS. The van der Waals surface area contributed by atoms with Crippen molar-refractivity contribution in [1.29, 1.82) is 0 Å². The molecule has 4 nitrogen and oxygen atoms in total. The van der Waals surface area contributed by atoms with Crippen molar-refractivity contribution in [3.63, 3.8) is 0 Å². The summed E-state index contributed by atoms with van der Waals surface area (Å²) in [4.78, 5) is 16.7. The van der Waals surface area contributed by atoms with Gasteiger partial charge < -0.3 is 11.1 Å². The zero-order valence-electron chi connectivity index (χ0n) is 13.9. The van der Waals surface area contributed by atoms with Crippen molar-refractivity contribution >= 4 is 28.5 Å². The summed E-state index contributed by atoms with van der Waals surface area (Å²) in [6.45, 7) is 1.93. The predicted molar refractivity (Wildman–Crippen MR) is 96.8 cm³/mol. The van der Waals surface area contributed by atoms with Gasteiger partial charge in [0.05, 0.1) is 11.1 Å². The van der Waals surface area contributed by atoms with E-state index in [1.54, 1.807) is 18.2 Å². The standard InChI is InChI=1S/C18H16F3N3OS/c1-18(5-6-26-17(22)24-18)10-3-2-4-12(7-10)23-16(25)13-8-11(19)9-14(20)15(13)21/h2-4,7-9H,5-6H2,1H3,(H2,22,24)(H,23,25). The Morgan fingerprint density at radius 1 is 1.27 bits per heavy atom. The molecular weight excluding hydrogens is 363 g/mol. The van der Waals surface area contributed by atoms with Crippen molar-refractivity contribution in [1.82, 2.24) is 0 Å². The van der Waals surface area contributed by atoms with Crippen LogP contribution in [0.2, 0.25) is 0 Å². The number of hydrogen-bond acceptors (Lipinski definition) is 4. The van der Waals surface area contributed by atoms with Crippen LogP contribution < -0.4 is 11.1 Å². The Balaban J connectivity index is 1.88. The summed E-state index contributed by atoms with van der Waals surface area (Å²) in [7, 11) is 0. The Kier molecular flexibility index (Phi) is 4.95. The first-order valence-electron chi connectivity index (χ1n) is 7.83. The van der Waals surface area contributed by atoms with Gasteiger partial charge in [0.25, 0.3) is 5.91 Å². The summed E-state index contributed by atoms with van der Waals surface area (Å²) in [5.74, 6) is -3.96. The molecule has 0 radical (unpaired) electrons. The van der Waals surface area contributed by atoms with Gasteiger partial charge in [-0.25, -0.2) is 13.2 Å². The lowest BCUT2D eigenvalue weighted by Crippen LogP contribution is -2.28. The highest BCUT2D eigenvalue weighted by molar-refractivity contribution is 8.13. The third-order valence-corrected chi connectivity index (χ3v) is 4.97. The van der Waals surface area contributed by atoms with Gasteiger partial charge >= 0.3 is 0 Å². The molecule has 1 aliphatic rings. The topological polar surface area (TPSA) is 67.5 Å². The maximum atomic E-state index is 13.8. The number of amidine groups is 1. The van der Waals surface area contributed by atoms with E-state index in [4.69, 9.17) is 5.73 Å². The highest BCUT2D eigenvalue weighted by Crippen LogP contribution is 2.35. The fourth-order valence-corrected chi connectivity index (χ4v) is 3.72. The Morgan fingerprint density at radius 2 is 2.04 bits per heavy atom. The molecule has 0 saturated carbocycles. The molecule has 0 aromatic heterocycles. The van der Waals surface area contributed by atoms with Crippen LogP contribution in [-0.2, 0) is 5.54 Å². The van der Waals surface area contributed by atoms with Crippen molar-refractivity contribution < 1.29 is 18.0 Å². The minimum atomic E-state index is -1.42. The smallest absolute Gasteiger partial charge is 0.258 e. The summed E-state index contributed by atoms with van der Waals surface area (Å²) in [5, 5.41) is 2.96. The summed E-state index contributed by atoms with van der Waals surface area (Å²) in [5.41, 5.74) is 5.77. The molecule has 2 aromatic rings. The second-order valence-electron chi connectivity index (χ2n) is 6.11. The first kappa shape index (κ1) is 18.3. The Hall–Kier alpha value is -2.48. The average molecular weight is 379 g/mol. The van der Waals surface area contributed by atoms with Crippen molar-refractivity contribution in [2.45, 2.75) is 18.9 Å². The quantitative estimate of drug-likeness (QED) is 0.792. The van der Waals surface area contributed by atoms with Crippen LogP contribution in [0.1, 0.15) is 29.3 Å². The molecule has 1 aliphatic heterocycles. The lowest BCUT2D eigenvalue weighted by atomic mass is 9.89. The number of aliphatic imine (C=N–C) groups is 1. The van der Waals surface area contributed by atoms with Crippen molar-refractivity contribution in [2.75, 3.05) is 11.1 Å². The Morgan fingerprint density at radius 3 is 2.77 bits per heavy atom. The van der Waals surface area contributed by atoms with Gasteiger partial charge in [0.1, 0.15) is 5.82 Å².